The molecule has 96 valence electrons. The van der Waals surface area contributed by atoms with Crippen molar-refractivity contribution < 1.29 is 13.3 Å². The SMILES string of the molecule is Cc1nc(CNC(C)c2ccc(F)cc2F)no1. The Morgan fingerprint density at radius 3 is 2.78 bits per heavy atom. The summed E-state index contributed by atoms with van der Waals surface area (Å²) in [5, 5.41) is 6.76. The number of aromatic nitrogens is 2. The van der Waals surface area contributed by atoms with E-state index in [1.54, 1.807) is 13.8 Å². The number of benzene rings is 1. The van der Waals surface area contributed by atoms with Crippen LogP contribution in [0.3, 0.4) is 0 Å². The quantitative estimate of drug-likeness (QED) is 0.909. The zero-order valence-corrected chi connectivity index (χ0v) is 10.1. The fraction of sp³-hybridized carbons (Fsp3) is 0.333. The van der Waals surface area contributed by atoms with Crippen LogP contribution >= 0.6 is 0 Å². The fourth-order valence-corrected chi connectivity index (χ4v) is 1.62. The van der Waals surface area contributed by atoms with Crippen molar-refractivity contribution >= 4 is 0 Å². The normalized spacial score (nSPS) is 12.7. The molecule has 0 aliphatic heterocycles. The number of aryl methyl sites for hydroxylation is 1. The van der Waals surface area contributed by atoms with E-state index in [0.717, 1.165) is 6.07 Å². The maximum atomic E-state index is 13.5. The smallest absolute Gasteiger partial charge is 0.223 e. The molecular weight excluding hydrogens is 240 g/mol. The molecule has 0 radical (unpaired) electrons. The average Bonchev–Trinajstić information content (AvgIpc) is 2.72. The number of nitrogens with one attached hydrogen (secondary N) is 1. The lowest BCUT2D eigenvalue weighted by Crippen LogP contribution is -2.20. The van der Waals surface area contributed by atoms with Crippen molar-refractivity contribution in [2.75, 3.05) is 0 Å². The maximum Gasteiger partial charge on any atom is 0.223 e. The molecule has 0 saturated carbocycles. The fourth-order valence-electron chi connectivity index (χ4n) is 1.62. The lowest BCUT2D eigenvalue weighted by Gasteiger charge is -2.13. The molecule has 1 heterocycles. The Labute approximate surface area is 103 Å². The molecule has 1 aromatic heterocycles. The van der Waals surface area contributed by atoms with Gasteiger partial charge in [-0.1, -0.05) is 11.2 Å². The second kappa shape index (κ2) is 5.22. The third-order valence-electron chi connectivity index (χ3n) is 2.56. The largest absolute Gasteiger partial charge is 0.340 e. The summed E-state index contributed by atoms with van der Waals surface area (Å²) >= 11 is 0. The molecule has 1 aromatic carbocycles. The van der Waals surface area contributed by atoms with Crippen LogP contribution in [0.25, 0.3) is 0 Å². The minimum atomic E-state index is -0.586. The highest BCUT2D eigenvalue weighted by molar-refractivity contribution is 5.21. The van der Waals surface area contributed by atoms with E-state index in [2.05, 4.69) is 15.5 Å². The molecule has 0 fully saturated rings. The maximum absolute atomic E-state index is 13.5. The van der Waals surface area contributed by atoms with Crippen LogP contribution in [0.15, 0.2) is 22.7 Å². The summed E-state index contributed by atoms with van der Waals surface area (Å²) < 4.78 is 31.1. The molecule has 0 spiro atoms. The van der Waals surface area contributed by atoms with Gasteiger partial charge in [-0.05, 0) is 13.0 Å². The molecule has 2 rings (SSSR count). The van der Waals surface area contributed by atoms with Crippen molar-refractivity contribution in [2.45, 2.75) is 26.4 Å². The van der Waals surface area contributed by atoms with Crippen molar-refractivity contribution in [3.8, 4) is 0 Å². The van der Waals surface area contributed by atoms with E-state index in [1.165, 1.54) is 12.1 Å². The summed E-state index contributed by atoms with van der Waals surface area (Å²) in [6.45, 7) is 3.83. The van der Waals surface area contributed by atoms with Crippen molar-refractivity contribution in [1.82, 2.24) is 15.5 Å². The van der Waals surface area contributed by atoms with E-state index >= 15 is 0 Å². The van der Waals surface area contributed by atoms with Gasteiger partial charge in [0.15, 0.2) is 5.82 Å². The van der Waals surface area contributed by atoms with Crippen LogP contribution in [0.4, 0.5) is 8.78 Å². The molecule has 0 aliphatic rings. The van der Waals surface area contributed by atoms with Gasteiger partial charge in [0.2, 0.25) is 5.89 Å². The van der Waals surface area contributed by atoms with Crippen molar-refractivity contribution in [1.29, 1.82) is 0 Å². The molecule has 0 bridgehead atoms. The Morgan fingerprint density at radius 1 is 1.39 bits per heavy atom. The molecule has 0 saturated heterocycles. The lowest BCUT2D eigenvalue weighted by atomic mass is 10.1. The number of hydrogen-bond donors (Lipinski definition) is 1. The lowest BCUT2D eigenvalue weighted by molar-refractivity contribution is 0.383. The van der Waals surface area contributed by atoms with Gasteiger partial charge < -0.3 is 9.84 Å². The van der Waals surface area contributed by atoms with E-state index in [9.17, 15) is 8.78 Å². The summed E-state index contributed by atoms with van der Waals surface area (Å²) in [5.74, 6) is -0.175. The molecule has 1 atom stereocenters. The van der Waals surface area contributed by atoms with E-state index < -0.39 is 11.6 Å². The van der Waals surface area contributed by atoms with Crippen LogP contribution < -0.4 is 5.32 Å². The van der Waals surface area contributed by atoms with Gasteiger partial charge in [-0.2, -0.15) is 4.98 Å². The Bertz CT molecular complexity index is 542. The topological polar surface area (TPSA) is 51.0 Å². The van der Waals surface area contributed by atoms with Gasteiger partial charge in [0.25, 0.3) is 0 Å². The number of hydrogen-bond acceptors (Lipinski definition) is 4. The predicted molar refractivity (Wildman–Crippen MR) is 60.6 cm³/mol. The van der Waals surface area contributed by atoms with Crippen LogP contribution in [0.1, 0.15) is 30.2 Å². The van der Waals surface area contributed by atoms with Crippen LogP contribution in [0.5, 0.6) is 0 Å². The number of rotatable bonds is 4. The highest BCUT2D eigenvalue weighted by atomic mass is 19.1. The van der Waals surface area contributed by atoms with Crippen LogP contribution in [-0.4, -0.2) is 10.1 Å². The molecule has 2 aromatic rings. The summed E-state index contributed by atoms with van der Waals surface area (Å²) in [4.78, 5) is 4.02. The molecule has 1 N–H and O–H groups in total. The highest BCUT2D eigenvalue weighted by Gasteiger charge is 2.12. The first-order chi connectivity index (χ1) is 8.56. The Hall–Kier alpha value is -1.82. The van der Waals surface area contributed by atoms with Crippen molar-refractivity contribution in [3.05, 3.63) is 47.1 Å². The second-order valence-corrected chi connectivity index (χ2v) is 4.00. The first-order valence-corrected chi connectivity index (χ1v) is 5.54. The highest BCUT2D eigenvalue weighted by Crippen LogP contribution is 2.17. The summed E-state index contributed by atoms with van der Waals surface area (Å²) in [6, 6.07) is 3.25. The Morgan fingerprint density at radius 2 is 2.17 bits per heavy atom. The average molecular weight is 253 g/mol. The molecule has 18 heavy (non-hydrogen) atoms. The van der Waals surface area contributed by atoms with Crippen molar-refractivity contribution in [3.63, 3.8) is 0 Å². The number of nitrogens with zero attached hydrogens (tertiary/aromatic N) is 2. The minimum Gasteiger partial charge on any atom is -0.340 e. The van der Waals surface area contributed by atoms with Gasteiger partial charge in [0.1, 0.15) is 11.6 Å². The minimum absolute atomic E-state index is 0.274. The van der Waals surface area contributed by atoms with Gasteiger partial charge in [0.05, 0.1) is 6.54 Å². The van der Waals surface area contributed by atoms with E-state index in [0.29, 0.717) is 23.8 Å². The molecule has 0 aliphatic carbocycles. The Balaban J connectivity index is 2.01. The van der Waals surface area contributed by atoms with Crippen LogP contribution in [0, 0.1) is 18.6 Å². The molecule has 1 unspecified atom stereocenters. The molecular formula is C12H13F2N3O. The first kappa shape index (κ1) is 12.6. The summed E-state index contributed by atoms with van der Waals surface area (Å²) in [6.07, 6.45) is 0. The zero-order chi connectivity index (χ0) is 13.1. The summed E-state index contributed by atoms with van der Waals surface area (Å²) in [7, 11) is 0. The van der Waals surface area contributed by atoms with Gasteiger partial charge in [-0.15, -0.1) is 0 Å². The van der Waals surface area contributed by atoms with E-state index in [1.807, 2.05) is 0 Å². The predicted octanol–water partition coefficient (Wildman–Crippen LogP) is 2.51. The van der Waals surface area contributed by atoms with E-state index in [-0.39, 0.29) is 6.04 Å². The standard InChI is InChI=1S/C12H13F2N3O/c1-7(10-4-3-9(13)5-11(10)14)15-6-12-16-8(2)18-17-12/h3-5,7,15H,6H2,1-2H3. The van der Waals surface area contributed by atoms with E-state index in [4.69, 9.17) is 4.52 Å². The summed E-state index contributed by atoms with van der Waals surface area (Å²) in [5.41, 5.74) is 0.400. The van der Waals surface area contributed by atoms with Gasteiger partial charge >= 0.3 is 0 Å². The first-order valence-electron chi connectivity index (χ1n) is 5.54. The third-order valence-corrected chi connectivity index (χ3v) is 2.56. The van der Waals surface area contributed by atoms with Gasteiger partial charge in [-0.25, -0.2) is 8.78 Å². The number of halogens is 2. The van der Waals surface area contributed by atoms with Gasteiger partial charge in [-0.3, -0.25) is 0 Å². The Kier molecular flexibility index (Phi) is 3.66. The van der Waals surface area contributed by atoms with Crippen LogP contribution in [0.2, 0.25) is 0 Å². The third kappa shape index (κ3) is 2.89. The zero-order valence-electron chi connectivity index (χ0n) is 10.1. The van der Waals surface area contributed by atoms with Crippen molar-refractivity contribution in [2.24, 2.45) is 0 Å². The molecule has 6 heteroatoms. The molecule has 0 amide bonds. The van der Waals surface area contributed by atoms with Crippen LogP contribution in [-0.2, 0) is 6.54 Å². The second-order valence-electron chi connectivity index (χ2n) is 4.00. The van der Waals surface area contributed by atoms with Gasteiger partial charge in [0, 0.05) is 24.6 Å². The molecule has 4 nitrogen and oxygen atoms in total. The monoisotopic (exact) mass is 253 g/mol.